The predicted octanol–water partition coefficient (Wildman–Crippen LogP) is 4.86. The SMILES string of the molecule is Cc1ccc(N(CCCl)CCCl)cc1NC(=O)[C@@H](NC(=O)OC(C)(C)C)C(C(=O)O)C(C)(C)C. The van der Waals surface area contributed by atoms with E-state index in [0.29, 0.717) is 30.5 Å². The maximum atomic E-state index is 13.4. The van der Waals surface area contributed by atoms with E-state index >= 15 is 0 Å². The molecule has 1 unspecified atom stereocenters. The minimum Gasteiger partial charge on any atom is -0.481 e. The van der Waals surface area contributed by atoms with Crippen LogP contribution in [0.2, 0.25) is 0 Å². The number of nitrogens with zero attached hydrogens (tertiary/aromatic N) is 1. The van der Waals surface area contributed by atoms with Gasteiger partial charge in [0.05, 0.1) is 5.92 Å². The summed E-state index contributed by atoms with van der Waals surface area (Å²) in [6.07, 6.45) is -0.871. The highest BCUT2D eigenvalue weighted by Crippen LogP contribution is 2.31. The van der Waals surface area contributed by atoms with Crippen LogP contribution in [0.3, 0.4) is 0 Å². The van der Waals surface area contributed by atoms with E-state index in [1.165, 1.54) is 0 Å². The van der Waals surface area contributed by atoms with Gasteiger partial charge in [0.1, 0.15) is 11.6 Å². The van der Waals surface area contributed by atoms with E-state index < -0.39 is 40.9 Å². The monoisotopic (exact) mass is 517 g/mol. The molecule has 8 nitrogen and oxygen atoms in total. The van der Waals surface area contributed by atoms with Crippen LogP contribution in [-0.4, -0.2) is 59.6 Å². The summed E-state index contributed by atoms with van der Waals surface area (Å²) in [6, 6.07) is 4.14. The summed E-state index contributed by atoms with van der Waals surface area (Å²) in [6.45, 7) is 13.1. The third kappa shape index (κ3) is 9.22. The summed E-state index contributed by atoms with van der Waals surface area (Å²) < 4.78 is 5.28. The molecular formula is C24H37Cl2N3O5. The van der Waals surface area contributed by atoms with Crippen LogP contribution < -0.4 is 15.5 Å². The van der Waals surface area contributed by atoms with Crippen LogP contribution in [-0.2, 0) is 14.3 Å². The van der Waals surface area contributed by atoms with Crippen molar-refractivity contribution >= 4 is 52.5 Å². The number of aliphatic carboxylic acids is 1. The number of alkyl carbamates (subject to hydrolysis) is 1. The van der Waals surface area contributed by atoms with Gasteiger partial charge in [-0.3, -0.25) is 9.59 Å². The van der Waals surface area contributed by atoms with Crippen molar-refractivity contribution in [1.82, 2.24) is 5.32 Å². The zero-order valence-corrected chi connectivity index (χ0v) is 22.5. The number of ether oxygens (including phenoxy) is 1. The van der Waals surface area contributed by atoms with Crippen LogP contribution in [0, 0.1) is 18.3 Å². The summed E-state index contributed by atoms with van der Waals surface area (Å²) in [5.74, 6) is -2.27. The molecule has 0 saturated carbocycles. The van der Waals surface area contributed by atoms with Crippen LogP contribution >= 0.6 is 23.2 Å². The lowest BCUT2D eigenvalue weighted by Crippen LogP contribution is -2.55. The van der Waals surface area contributed by atoms with Gasteiger partial charge in [-0.25, -0.2) is 4.79 Å². The van der Waals surface area contributed by atoms with Crippen LogP contribution in [0.4, 0.5) is 16.2 Å². The molecule has 0 fully saturated rings. The first-order valence-electron chi connectivity index (χ1n) is 11.1. The molecule has 0 aliphatic rings. The summed E-state index contributed by atoms with van der Waals surface area (Å²) in [7, 11) is 0. The lowest BCUT2D eigenvalue weighted by molar-refractivity contribution is -0.149. The molecule has 3 N–H and O–H groups in total. The van der Waals surface area contributed by atoms with Gasteiger partial charge < -0.3 is 25.4 Å². The van der Waals surface area contributed by atoms with Crippen LogP contribution in [0.1, 0.15) is 47.1 Å². The molecule has 0 aliphatic heterocycles. The first-order chi connectivity index (χ1) is 15.6. The van der Waals surface area contributed by atoms with Gasteiger partial charge in [0, 0.05) is 36.2 Å². The van der Waals surface area contributed by atoms with Gasteiger partial charge in [0.2, 0.25) is 5.91 Å². The summed E-state index contributed by atoms with van der Waals surface area (Å²) in [4.78, 5) is 40.0. The average Bonchev–Trinajstić information content (AvgIpc) is 2.66. The van der Waals surface area contributed by atoms with Crippen molar-refractivity contribution in [1.29, 1.82) is 0 Å². The fraction of sp³-hybridized carbons (Fsp3) is 0.625. The predicted molar refractivity (Wildman–Crippen MR) is 137 cm³/mol. The average molecular weight is 518 g/mol. The first-order valence-corrected chi connectivity index (χ1v) is 12.2. The Hall–Kier alpha value is -2.19. The smallest absolute Gasteiger partial charge is 0.408 e. The molecule has 2 amide bonds. The van der Waals surface area contributed by atoms with Crippen molar-refractivity contribution in [3.8, 4) is 0 Å². The largest absolute Gasteiger partial charge is 0.481 e. The highest BCUT2D eigenvalue weighted by atomic mass is 35.5. The second-order valence-electron chi connectivity index (χ2n) is 10.2. The lowest BCUT2D eigenvalue weighted by atomic mass is 9.76. The van der Waals surface area contributed by atoms with Gasteiger partial charge in [-0.1, -0.05) is 26.8 Å². The second-order valence-corrected chi connectivity index (χ2v) is 10.9. The zero-order chi connectivity index (χ0) is 26.3. The maximum Gasteiger partial charge on any atom is 0.408 e. The van der Waals surface area contributed by atoms with Gasteiger partial charge in [-0.15, -0.1) is 23.2 Å². The number of carboxylic acid groups (broad SMARTS) is 1. The molecule has 0 aliphatic carbocycles. The number of hydrogen-bond donors (Lipinski definition) is 3. The minimum atomic E-state index is -1.38. The molecule has 34 heavy (non-hydrogen) atoms. The van der Waals surface area contributed by atoms with Crippen molar-refractivity contribution in [2.24, 2.45) is 11.3 Å². The van der Waals surface area contributed by atoms with E-state index in [0.717, 1.165) is 11.3 Å². The Kier molecular flexibility index (Phi) is 11.0. The normalized spacial score (nSPS) is 13.6. The Morgan fingerprint density at radius 3 is 2.06 bits per heavy atom. The summed E-state index contributed by atoms with van der Waals surface area (Å²) in [5, 5.41) is 15.2. The number of rotatable bonds is 10. The van der Waals surface area contributed by atoms with Gasteiger partial charge in [-0.2, -0.15) is 0 Å². The number of halogens is 2. The standard InChI is InChI=1S/C24H37Cl2N3O5/c1-15-8-9-16(29(12-10-25)13-11-26)14-17(15)27-20(30)19(18(21(31)32)23(2,3)4)28-22(33)34-24(5,6)7/h8-9,14,18-19H,10-13H2,1-7H3,(H,27,30)(H,28,33)(H,31,32)/t18?,19-/m0/s1. The van der Waals surface area contributed by atoms with Crippen molar-refractivity contribution in [3.05, 3.63) is 23.8 Å². The van der Waals surface area contributed by atoms with Crippen molar-refractivity contribution < 1.29 is 24.2 Å². The van der Waals surface area contributed by atoms with E-state index in [4.69, 9.17) is 27.9 Å². The molecule has 10 heteroatoms. The number of carbonyl (C=O) groups is 3. The molecule has 0 bridgehead atoms. The number of benzene rings is 1. The minimum absolute atomic E-state index is 0.403. The number of anilines is 2. The number of hydrogen-bond acceptors (Lipinski definition) is 5. The number of carbonyl (C=O) groups excluding carboxylic acids is 2. The Morgan fingerprint density at radius 2 is 1.62 bits per heavy atom. The van der Waals surface area contributed by atoms with E-state index in [2.05, 4.69) is 10.6 Å². The fourth-order valence-corrected chi connectivity index (χ4v) is 3.88. The van der Waals surface area contributed by atoms with Crippen molar-refractivity contribution in [2.45, 2.75) is 60.1 Å². The van der Waals surface area contributed by atoms with Gasteiger partial charge in [0.15, 0.2) is 0 Å². The first kappa shape index (κ1) is 29.8. The Bertz CT molecular complexity index is 859. The number of aryl methyl sites for hydroxylation is 1. The Balaban J connectivity index is 3.34. The van der Waals surface area contributed by atoms with E-state index in [9.17, 15) is 19.5 Å². The molecule has 192 valence electrons. The van der Waals surface area contributed by atoms with E-state index in [-0.39, 0.29) is 0 Å². The molecule has 1 rings (SSSR count). The third-order valence-corrected chi connectivity index (χ3v) is 5.38. The number of carboxylic acids is 1. The molecule has 0 radical (unpaired) electrons. The topological polar surface area (TPSA) is 108 Å². The zero-order valence-electron chi connectivity index (χ0n) is 21.0. The lowest BCUT2D eigenvalue weighted by Gasteiger charge is -2.34. The number of nitrogens with one attached hydrogen (secondary N) is 2. The maximum absolute atomic E-state index is 13.4. The highest BCUT2D eigenvalue weighted by molar-refractivity contribution is 6.18. The number of alkyl halides is 2. The molecule has 1 aromatic carbocycles. The quantitative estimate of drug-likeness (QED) is 0.382. The molecule has 0 heterocycles. The van der Waals surface area contributed by atoms with Crippen LogP contribution in [0.5, 0.6) is 0 Å². The van der Waals surface area contributed by atoms with Crippen molar-refractivity contribution in [2.75, 3.05) is 35.1 Å². The molecule has 2 atom stereocenters. The second kappa shape index (κ2) is 12.5. The Morgan fingerprint density at radius 1 is 1.06 bits per heavy atom. The summed E-state index contributed by atoms with van der Waals surface area (Å²) >= 11 is 11.8. The van der Waals surface area contributed by atoms with Gasteiger partial charge in [-0.05, 0) is 50.8 Å². The molecule has 0 spiro atoms. The fourth-order valence-electron chi connectivity index (χ4n) is 3.47. The molecule has 0 aromatic heterocycles. The molecule has 1 aromatic rings. The highest BCUT2D eigenvalue weighted by Gasteiger charge is 2.43. The van der Waals surface area contributed by atoms with Gasteiger partial charge >= 0.3 is 12.1 Å². The third-order valence-electron chi connectivity index (χ3n) is 5.04. The van der Waals surface area contributed by atoms with Gasteiger partial charge in [0.25, 0.3) is 0 Å². The van der Waals surface area contributed by atoms with Crippen molar-refractivity contribution in [3.63, 3.8) is 0 Å². The molecular weight excluding hydrogens is 481 g/mol. The number of amides is 2. The molecule has 0 saturated heterocycles. The van der Waals surface area contributed by atoms with Crippen LogP contribution in [0.25, 0.3) is 0 Å². The Labute approximate surface area is 212 Å². The van der Waals surface area contributed by atoms with E-state index in [1.807, 2.05) is 24.0 Å². The van der Waals surface area contributed by atoms with Crippen LogP contribution in [0.15, 0.2) is 18.2 Å². The summed E-state index contributed by atoms with van der Waals surface area (Å²) in [5.41, 5.74) is 0.421. The van der Waals surface area contributed by atoms with E-state index in [1.54, 1.807) is 47.6 Å².